The zero-order valence-electron chi connectivity index (χ0n) is 15.4. The lowest BCUT2D eigenvalue weighted by Gasteiger charge is -2.20. The van der Waals surface area contributed by atoms with Gasteiger partial charge in [-0.05, 0) is 31.0 Å². The van der Waals surface area contributed by atoms with Crippen molar-refractivity contribution in [1.29, 1.82) is 0 Å². The molecule has 0 saturated carbocycles. The summed E-state index contributed by atoms with van der Waals surface area (Å²) in [6.45, 7) is 1.18. The zero-order valence-corrected chi connectivity index (χ0v) is 15.4. The van der Waals surface area contributed by atoms with Crippen molar-refractivity contribution in [3.8, 4) is 11.4 Å². The van der Waals surface area contributed by atoms with Crippen LogP contribution in [-0.4, -0.2) is 56.0 Å². The van der Waals surface area contributed by atoms with Crippen LogP contribution >= 0.6 is 0 Å². The lowest BCUT2D eigenvalue weighted by atomic mass is 10.2. The van der Waals surface area contributed by atoms with Crippen molar-refractivity contribution in [1.82, 2.24) is 29.8 Å². The fourth-order valence-corrected chi connectivity index (χ4v) is 3.41. The highest BCUT2D eigenvalue weighted by molar-refractivity contribution is 5.93. The topological polar surface area (TPSA) is 102 Å². The first-order chi connectivity index (χ1) is 13.2. The van der Waals surface area contributed by atoms with Gasteiger partial charge in [-0.3, -0.25) is 9.89 Å². The number of nitrogens with one attached hydrogen (secondary N) is 1. The van der Waals surface area contributed by atoms with Gasteiger partial charge in [-0.25, -0.2) is 0 Å². The van der Waals surface area contributed by atoms with E-state index >= 15 is 0 Å². The molecule has 1 saturated heterocycles. The number of hydrogen-bond acceptors (Lipinski definition) is 6. The highest BCUT2D eigenvalue weighted by Crippen LogP contribution is 2.32. The molecule has 0 spiro atoms. The Balaban J connectivity index is 1.52. The molecule has 1 aliphatic rings. The maximum absolute atomic E-state index is 13.0. The molecule has 9 nitrogen and oxygen atoms in total. The van der Waals surface area contributed by atoms with Crippen LogP contribution in [0.4, 0.5) is 0 Å². The van der Waals surface area contributed by atoms with Crippen molar-refractivity contribution in [3.63, 3.8) is 0 Å². The van der Waals surface area contributed by atoms with E-state index in [2.05, 4.69) is 20.3 Å². The van der Waals surface area contributed by atoms with E-state index in [1.54, 1.807) is 18.1 Å². The number of methoxy groups -OCH3 is 1. The number of carbonyl (C=O) groups excluding carboxylic acids is 1. The summed E-state index contributed by atoms with van der Waals surface area (Å²) in [4.78, 5) is 19.2. The molecule has 9 heteroatoms. The number of ether oxygens (including phenoxy) is 1. The van der Waals surface area contributed by atoms with Gasteiger partial charge in [0.15, 0.2) is 5.82 Å². The lowest BCUT2D eigenvalue weighted by Crippen LogP contribution is -2.31. The van der Waals surface area contributed by atoms with Crippen molar-refractivity contribution in [2.45, 2.75) is 25.3 Å². The van der Waals surface area contributed by atoms with E-state index < -0.39 is 0 Å². The van der Waals surface area contributed by atoms with Gasteiger partial charge in [0.05, 0.1) is 12.3 Å². The summed E-state index contributed by atoms with van der Waals surface area (Å²) in [6, 6.07) is 5.48. The smallest absolute Gasteiger partial charge is 0.272 e. The second kappa shape index (κ2) is 7.36. The summed E-state index contributed by atoms with van der Waals surface area (Å²) in [5.41, 5.74) is 2.14. The fourth-order valence-electron chi connectivity index (χ4n) is 3.41. The highest BCUT2D eigenvalue weighted by atomic mass is 16.5. The SMILES string of the molecule is COCCc1noc([C@@H]2CCCN2C(=O)c2cc(-c3cccn3C)n[nH]2)n1. The van der Waals surface area contributed by atoms with Gasteiger partial charge < -0.3 is 18.7 Å². The van der Waals surface area contributed by atoms with E-state index in [1.807, 2.05) is 29.9 Å². The second-order valence-corrected chi connectivity index (χ2v) is 6.62. The molecule has 0 radical (unpaired) electrons. The van der Waals surface area contributed by atoms with Crippen LogP contribution < -0.4 is 0 Å². The van der Waals surface area contributed by atoms with Gasteiger partial charge in [0.2, 0.25) is 5.89 Å². The molecule has 4 heterocycles. The summed E-state index contributed by atoms with van der Waals surface area (Å²) in [5.74, 6) is 0.968. The Morgan fingerprint density at radius 1 is 1.48 bits per heavy atom. The number of amides is 1. The standard InChI is InChI=1S/C18H22N6O3/c1-23-8-3-5-14(23)12-11-13(21-20-12)18(25)24-9-4-6-15(24)17-19-16(22-27-17)7-10-26-2/h3,5,8,11,15H,4,6-7,9-10H2,1-2H3,(H,20,21)/t15-/m0/s1. The maximum atomic E-state index is 13.0. The molecule has 1 atom stereocenters. The van der Waals surface area contributed by atoms with E-state index in [-0.39, 0.29) is 11.9 Å². The minimum absolute atomic E-state index is 0.109. The molecule has 1 N–H and O–H groups in total. The number of aromatic amines is 1. The molecule has 3 aromatic rings. The number of carbonyl (C=O) groups is 1. The Kier molecular flexibility index (Phi) is 4.76. The number of aromatic nitrogens is 5. The van der Waals surface area contributed by atoms with E-state index in [9.17, 15) is 4.79 Å². The van der Waals surface area contributed by atoms with Crippen molar-refractivity contribution in [3.05, 3.63) is 41.8 Å². The third kappa shape index (κ3) is 3.37. The predicted molar refractivity (Wildman–Crippen MR) is 95.9 cm³/mol. The largest absolute Gasteiger partial charge is 0.384 e. The number of likely N-dealkylation sites (tertiary alicyclic amines) is 1. The van der Waals surface area contributed by atoms with Crippen LogP contribution in [0.5, 0.6) is 0 Å². The van der Waals surface area contributed by atoms with Crippen LogP contribution in [0.15, 0.2) is 28.9 Å². The van der Waals surface area contributed by atoms with Gasteiger partial charge in [-0.1, -0.05) is 5.16 Å². The number of H-pyrrole nitrogens is 1. The van der Waals surface area contributed by atoms with Crippen LogP contribution in [-0.2, 0) is 18.2 Å². The quantitative estimate of drug-likeness (QED) is 0.712. The first kappa shape index (κ1) is 17.5. The van der Waals surface area contributed by atoms with Crippen molar-refractivity contribution < 1.29 is 14.1 Å². The van der Waals surface area contributed by atoms with Crippen LogP contribution in [0.25, 0.3) is 11.4 Å². The molecule has 1 fully saturated rings. The van der Waals surface area contributed by atoms with Crippen molar-refractivity contribution >= 4 is 5.91 Å². The Hall–Kier alpha value is -2.94. The number of hydrogen-bond donors (Lipinski definition) is 1. The molecule has 3 aromatic heterocycles. The van der Waals surface area contributed by atoms with E-state index in [0.717, 1.165) is 24.2 Å². The molecular formula is C18H22N6O3. The first-order valence-electron chi connectivity index (χ1n) is 8.97. The summed E-state index contributed by atoms with van der Waals surface area (Å²) in [7, 11) is 3.57. The molecule has 1 aliphatic heterocycles. The number of rotatable bonds is 6. The van der Waals surface area contributed by atoms with Crippen molar-refractivity contribution in [2.75, 3.05) is 20.3 Å². The number of aryl methyl sites for hydroxylation is 1. The monoisotopic (exact) mass is 370 g/mol. The Morgan fingerprint density at radius 3 is 3.15 bits per heavy atom. The normalized spacial score (nSPS) is 17.0. The summed E-state index contributed by atoms with van der Waals surface area (Å²) >= 11 is 0. The average molecular weight is 370 g/mol. The average Bonchev–Trinajstić information content (AvgIpc) is 3.44. The Morgan fingerprint density at radius 2 is 2.37 bits per heavy atom. The third-order valence-electron chi connectivity index (χ3n) is 4.83. The molecule has 0 aliphatic carbocycles. The van der Waals surface area contributed by atoms with E-state index in [1.165, 1.54) is 0 Å². The molecule has 0 bridgehead atoms. The summed E-state index contributed by atoms with van der Waals surface area (Å²) in [5, 5.41) is 11.1. The Bertz CT molecular complexity index is 927. The van der Waals surface area contributed by atoms with Gasteiger partial charge in [-0.2, -0.15) is 10.1 Å². The molecule has 0 aromatic carbocycles. The molecule has 142 valence electrons. The number of nitrogens with zero attached hydrogens (tertiary/aromatic N) is 5. The van der Waals surface area contributed by atoms with Gasteiger partial charge in [0.1, 0.15) is 17.4 Å². The van der Waals surface area contributed by atoms with Gasteiger partial charge >= 0.3 is 0 Å². The van der Waals surface area contributed by atoms with Gasteiger partial charge in [-0.15, -0.1) is 0 Å². The Labute approximate surface area is 156 Å². The highest BCUT2D eigenvalue weighted by Gasteiger charge is 2.35. The maximum Gasteiger partial charge on any atom is 0.272 e. The van der Waals surface area contributed by atoms with Crippen LogP contribution in [0.1, 0.15) is 41.1 Å². The van der Waals surface area contributed by atoms with Crippen LogP contribution in [0.2, 0.25) is 0 Å². The molecule has 27 heavy (non-hydrogen) atoms. The van der Waals surface area contributed by atoms with Crippen LogP contribution in [0.3, 0.4) is 0 Å². The van der Waals surface area contributed by atoms with E-state index in [4.69, 9.17) is 9.26 Å². The summed E-state index contributed by atoms with van der Waals surface area (Å²) in [6.07, 6.45) is 4.22. The minimum atomic E-state index is -0.205. The predicted octanol–water partition coefficient (Wildman–Crippen LogP) is 1.96. The lowest BCUT2D eigenvalue weighted by molar-refractivity contribution is 0.0704. The summed E-state index contributed by atoms with van der Waals surface area (Å²) < 4.78 is 12.4. The molecule has 0 unspecified atom stereocenters. The molecular weight excluding hydrogens is 348 g/mol. The molecule has 4 rings (SSSR count). The van der Waals surface area contributed by atoms with Gasteiger partial charge in [0, 0.05) is 33.3 Å². The second-order valence-electron chi connectivity index (χ2n) is 6.62. The minimum Gasteiger partial charge on any atom is -0.384 e. The van der Waals surface area contributed by atoms with E-state index in [0.29, 0.717) is 37.0 Å². The third-order valence-corrected chi connectivity index (χ3v) is 4.83. The van der Waals surface area contributed by atoms with Gasteiger partial charge in [0.25, 0.3) is 5.91 Å². The fraction of sp³-hybridized carbons (Fsp3) is 0.444. The molecule has 1 amide bonds. The van der Waals surface area contributed by atoms with Crippen molar-refractivity contribution in [2.24, 2.45) is 7.05 Å². The van der Waals surface area contributed by atoms with Crippen LogP contribution in [0, 0.1) is 0 Å². The zero-order chi connectivity index (χ0) is 18.8. The first-order valence-corrected chi connectivity index (χ1v) is 8.97.